The third-order valence-corrected chi connectivity index (χ3v) is 11.5. The van der Waals surface area contributed by atoms with Crippen molar-refractivity contribution in [2.45, 2.75) is 108 Å². The summed E-state index contributed by atoms with van der Waals surface area (Å²) in [6.07, 6.45) is 1.56. The van der Waals surface area contributed by atoms with E-state index in [2.05, 4.69) is 52.1 Å². The molecule has 7 nitrogen and oxygen atoms in total. The van der Waals surface area contributed by atoms with E-state index in [4.69, 9.17) is 0 Å². The van der Waals surface area contributed by atoms with Crippen molar-refractivity contribution >= 4 is 28.8 Å². The number of phenolic OH excluding ortho intramolecular Hbond substituents is 1. The SMILES string of the molecule is CC(=O)C1=C(O)[C@]2(C)C(=O)C3=C(O)c4c(O)c(NCc5ccccc5CC(C)(C)C)cc(C(C)C)c4C[C@]3(C)C[C@]2(C)C(C(C)C)C1=O. The van der Waals surface area contributed by atoms with E-state index < -0.39 is 45.3 Å². The first-order chi connectivity index (χ1) is 22.1. The highest BCUT2D eigenvalue weighted by atomic mass is 16.3. The van der Waals surface area contributed by atoms with Crippen LogP contribution in [-0.2, 0) is 33.8 Å². The van der Waals surface area contributed by atoms with Gasteiger partial charge < -0.3 is 20.6 Å². The van der Waals surface area contributed by atoms with E-state index in [-0.39, 0.29) is 45.5 Å². The molecule has 258 valence electrons. The van der Waals surface area contributed by atoms with Gasteiger partial charge in [0, 0.05) is 23.5 Å². The van der Waals surface area contributed by atoms with Gasteiger partial charge in [0.25, 0.3) is 0 Å². The van der Waals surface area contributed by atoms with Crippen LogP contribution < -0.4 is 5.32 Å². The molecule has 0 aromatic heterocycles. The van der Waals surface area contributed by atoms with E-state index in [1.807, 2.05) is 45.9 Å². The van der Waals surface area contributed by atoms with Gasteiger partial charge in [-0.2, -0.15) is 0 Å². The summed E-state index contributed by atoms with van der Waals surface area (Å²) in [4.78, 5) is 41.6. The molecule has 0 saturated heterocycles. The average molecular weight is 656 g/mol. The van der Waals surface area contributed by atoms with E-state index in [0.717, 1.165) is 23.1 Å². The van der Waals surface area contributed by atoms with Gasteiger partial charge in [-0.25, -0.2) is 0 Å². The number of ketones is 3. The van der Waals surface area contributed by atoms with Crippen molar-refractivity contribution in [1.29, 1.82) is 0 Å². The normalized spacial score (nSPS) is 27.3. The molecule has 5 rings (SSSR count). The second-order valence-corrected chi connectivity index (χ2v) is 17.1. The van der Waals surface area contributed by atoms with Crippen LogP contribution in [0.2, 0.25) is 0 Å². The second-order valence-electron chi connectivity index (χ2n) is 17.1. The number of allylic oxidation sites excluding steroid dienone is 3. The quantitative estimate of drug-likeness (QED) is 0.174. The minimum atomic E-state index is -1.64. The Morgan fingerprint density at radius 2 is 1.60 bits per heavy atom. The van der Waals surface area contributed by atoms with E-state index in [1.54, 1.807) is 6.92 Å². The molecule has 0 spiro atoms. The molecule has 48 heavy (non-hydrogen) atoms. The van der Waals surface area contributed by atoms with Crippen molar-refractivity contribution in [3.05, 3.63) is 75.1 Å². The maximum atomic E-state index is 14.9. The summed E-state index contributed by atoms with van der Waals surface area (Å²) in [6.45, 7) is 21.7. The minimum Gasteiger partial charge on any atom is -0.510 e. The van der Waals surface area contributed by atoms with Crippen LogP contribution in [0.1, 0.15) is 116 Å². The van der Waals surface area contributed by atoms with Crippen molar-refractivity contribution in [3.63, 3.8) is 0 Å². The Hall–Kier alpha value is -3.87. The van der Waals surface area contributed by atoms with Gasteiger partial charge in [-0.3, -0.25) is 14.4 Å². The number of carbonyl (C=O) groups excluding carboxylic acids is 3. The first-order valence-corrected chi connectivity index (χ1v) is 17.3. The molecule has 3 aliphatic rings. The molecule has 1 unspecified atom stereocenters. The molecule has 1 saturated carbocycles. The number of aliphatic hydroxyl groups is 2. The minimum absolute atomic E-state index is 0.0379. The number of phenols is 1. The highest BCUT2D eigenvalue weighted by molar-refractivity contribution is 6.23. The lowest BCUT2D eigenvalue weighted by Crippen LogP contribution is -2.64. The molecule has 3 aliphatic carbocycles. The second kappa shape index (κ2) is 11.6. The zero-order valence-electron chi connectivity index (χ0n) is 30.5. The van der Waals surface area contributed by atoms with Gasteiger partial charge in [-0.1, -0.05) is 86.6 Å². The van der Waals surface area contributed by atoms with E-state index in [9.17, 15) is 29.7 Å². The number of hydrogen-bond acceptors (Lipinski definition) is 7. The third kappa shape index (κ3) is 5.19. The zero-order chi connectivity index (χ0) is 35.9. The Morgan fingerprint density at radius 1 is 1.00 bits per heavy atom. The molecule has 0 amide bonds. The first-order valence-electron chi connectivity index (χ1n) is 17.3. The standard InChI is InChI=1S/C41H53NO6/c1-21(2)26-16-28(42-19-25-15-13-12-14-24(25)17-38(6,7)8)33(44)30-27(26)18-39(9)20-40(10)31(22(3)4)34(45)29(23(5)43)36(47)41(40,11)37(48)32(39)35(30)46/h12-16,21-22,31,42,44,46-47H,17-20H2,1-11H3/t31?,39-,40-,41-/m1/s1. The highest BCUT2D eigenvalue weighted by Crippen LogP contribution is 2.68. The molecule has 0 radical (unpaired) electrons. The lowest BCUT2D eigenvalue weighted by Gasteiger charge is -2.61. The van der Waals surface area contributed by atoms with Crippen LogP contribution in [0.3, 0.4) is 0 Å². The fourth-order valence-electron chi connectivity index (χ4n) is 9.40. The predicted octanol–water partition coefficient (Wildman–Crippen LogP) is 8.79. The van der Waals surface area contributed by atoms with Gasteiger partial charge in [-0.05, 0) is 84.1 Å². The van der Waals surface area contributed by atoms with Crippen molar-refractivity contribution in [1.82, 2.24) is 0 Å². The number of rotatable bonds is 7. The van der Waals surface area contributed by atoms with Crippen LogP contribution in [0, 0.1) is 33.5 Å². The number of fused-ring (bicyclic) bond motifs is 3. The summed E-state index contributed by atoms with van der Waals surface area (Å²) in [5.74, 6) is -3.37. The van der Waals surface area contributed by atoms with Gasteiger partial charge in [0.1, 0.15) is 17.3 Å². The smallest absolute Gasteiger partial charge is 0.177 e. The molecule has 2 aromatic carbocycles. The van der Waals surface area contributed by atoms with Crippen LogP contribution in [0.5, 0.6) is 5.75 Å². The molecule has 2 aromatic rings. The topological polar surface area (TPSA) is 124 Å². The lowest BCUT2D eigenvalue weighted by molar-refractivity contribution is -0.155. The summed E-state index contributed by atoms with van der Waals surface area (Å²) >= 11 is 0. The number of benzene rings is 2. The van der Waals surface area contributed by atoms with E-state index in [1.165, 1.54) is 12.5 Å². The maximum Gasteiger partial charge on any atom is 0.177 e. The maximum absolute atomic E-state index is 14.9. The largest absolute Gasteiger partial charge is 0.510 e. The molecular weight excluding hydrogens is 602 g/mol. The Morgan fingerprint density at radius 3 is 2.15 bits per heavy atom. The van der Waals surface area contributed by atoms with Crippen LogP contribution in [0.15, 0.2) is 47.2 Å². The summed E-state index contributed by atoms with van der Waals surface area (Å²) in [6, 6.07) is 10.2. The van der Waals surface area contributed by atoms with Gasteiger partial charge in [0.05, 0.1) is 22.2 Å². The van der Waals surface area contributed by atoms with Gasteiger partial charge in [0.2, 0.25) is 0 Å². The molecule has 0 bridgehead atoms. The predicted molar refractivity (Wildman–Crippen MR) is 190 cm³/mol. The average Bonchev–Trinajstić information content (AvgIpc) is 2.94. The number of Topliss-reactive ketones (excluding diaryl/α,β-unsaturated/α-hetero) is 3. The van der Waals surface area contributed by atoms with Crippen molar-refractivity contribution < 1.29 is 29.7 Å². The van der Waals surface area contributed by atoms with Crippen LogP contribution in [-0.4, -0.2) is 32.7 Å². The Balaban J connectivity index is 1.69. The number of nitrogens with one attached hydrogen (secondary N) is 1. The molecule has 7 heteroatoms. The summed E-state index contributed by atoms with van der Waals surface area (Å²) in [5, 5.41) is 39.2. The lowest BCUT2D eigenvalue weighted by atomic mass is 9.40. The number of aliphatic hydroxyl groups excluding tert-OH is 2. The molecule has 4 atom stereocenters. The molecular formula is C41H53NO6. The van der Waals surface area contributed by atoms with E-state index >= 15 is 0 Å². The third-order valence-electron chi connectivity index (χ3n) is 11.5. The molecule has 0 aliphatic heterocycles. The monoisotopic (exact) mass is 655 g/mol. The number of aromatic hydroxyl groups is 1. The summed E-state index contributed by atoms with van der Waals surface area (Å²) < 4.78 is 0. The van der Waals surface area contributed by atoms with E-state index in [0.29, 0.717) is 25.1 Å². The summed E-state index contributed by atoms with van der Waals surface area (Å²) in [5.41, 5.74) is 1.04. The fraction of sp³-hybridized carbons (Fsp3) is 0.537. The number of carbonyl (C=O) groups is 3. The highest BCUT2D eigenvalue weighted by Gasteiger charge is 2.70. The fourth-order valence-corrected chi connectivity index (χ4v) is 9.40. The zero-order valence-corrected chi connectivity index (χ0v) is 30.5. The number of anilines is 1. The summed E-state index contributed by atoms with van der Waals surface area (Å²) in [7, 11) is 0. The molecule has 0 heterocycles. The Kier molecular flexibility index (Phi) is 8.59. The molecule has 4 N–H and O–H groups in total. The van der Waals surface area contributed by atoms with Gasteiger partial charge in [0.15, 0.2) is 17.3 Å². The van der Waals surface area contributed by atoms with Gasteiger partial charge in [-0.15, -0.1) is 0 Å². The number of hydrogen-bond donors (Lipinski definition) is 4. The van der Waals surface area contributed by atoms with Crippen LogP contribution in [0.25, 0.3) is 5.76 Å². The first kappa shape index (κ1) is 35.4. The van der Waals surface area contributed by atoms with Crippen molar-refractivity contribution in [2.24, 2.45) is 33.5 Å². The molecule has 1 fully saturated rings. The van der Waals surface area contributed by atoms with Crippen molar-refractivity contribution in [3.8, 4) is 5.75 Å². The Labute approximate surface area is 285 Å². The Bertz CT molecular complexity index is 1790. The van der Waals surface area contributed by atoms with Crippen molar-refractivity contribution in [2.75, 3.05) is 5.32 Å². The van der Waals surface area contributed by atoms with Crippen LogP contribution in [0.4, 0.5) is 5.69 Å². The van der Waals surface area contributed by atoms with Gasteiger partial charge >= 0.3 is 0 Å². The van der Waals surface area contributed by atoms with Crippen LogP contribution >= 0.6 is 0 Å².